The van der Waals surface area contributed by atoms with Gasteiger partial charge in [0, 0.05) is 11.1 Å². The Labute approximate surface area is 144 Å². The summed E-state index contributed by atoms with van der Waals surface area (Å²) in [4.78, 5) is 34.4. The SMILES string of the molecule is CCOC(=O)CCOC(=O)Oc1ccc(-c2ccc3cc2C3=O)cc1. The molecule has 0 spiro atoms. The number of hydrogen-bond acceptors (Lipinski definition) is 6. The van der Waals surface area contributed by atoms with E-state index in [1.165, 1.54) is 0 Å². The van der Waals surface area contributed by atoms with Gasteiger partial charge in [0.05, 0.1) is 13.0 Å². The Balaban J connectivity index is 1.54. The van der Waals surface area contributed by atoms with Gasteiger partial charge in [-0.1, -0.05) is 24.3 Å². The van der Waals surface area contributed by atoms with Gasteiger partial charge in [-0.2, -0.15) is 0 Å². The van der Waals surface area contributed by atoms with Crippen molar-refractivity contribution < 1.29 is 28.6 Å². The maximum atomic E-state index is 11.7. The van der Waals surface area contributed by atoms with E-state index in [1.807, 2.05) is 12.1 Å². The van der Waals surface area contributed by atoms with E-state index in [1.54, 1.807) is 37.3 Å². The zero-order chi connectivity index (χ0) is 17.8. The Hall–Kier alpha value is -3.15. The molecule has 2 bridgehead atoms. The van der Waals surface area contributed by atoms with E-state index >= 15 is 0 Å². The van der Waals surface area contributed by atoms with E-state index in [0.29, 0.717) is 11.3 Å². The van der Waals surface area contributed by atoms with Gasteiger partial charge in [0.2, 0.25) is 0 Å². The van der Waals surface area contributed by atoms with Gasteiger partial charge in [-0.3, -0.25) is 9.59 Å². The molecule has 4 rings (SSSR count). The van der Waals surface area contributed by atoms with Crippen LogP contribution in [0.5, 0.6) is 5.75 Å². The zero-order valence-corrected chi connectivity index (χ0v) is 13.6. The molecule has 2 aromatic carbocycles. The largest absolute Gasteiger partial charge is 0.513 e. The molecular weight excluding hydrogens is 324 g/mol. The lowest BCUT2D eigenvalue weighted by atomic mass is 9.84. The van der Waals surface area contributed by atoms with Crippen LogP contribution in [0.25, 0.3) is 11.1 Å². The third-order valence-corrected chi connectivity index (χ3v) is 3.72. The minimum atomic E-state index is -0.890. The molecule has 2 aliphatic rings. The summed E-state index contributed by atoms with van der Waals surface area (Å²) in [6.45, 7) is 1.88. The van der Waals surface area contributed by atoms with Crippen molar-refractivity contribution in [1.29, 1.82) is 0 Å². The highest BCUT2D eigenvalue weighted by molar-refractivity contribution is 6.20. The van der Waals surface area contributed by atoms with Crippen molar-refractivity contribution in [2.45, 2.75) is 13.3 Å². The number of benzene rings is 2. The lowest BCUT2D eigenvalue weighted by Crippen LogP contribution is -2.15. The van der Waals surface area contributed by atoms with Crippen molar-refractivity contribution in [3.8, 4) is 16.9 Å². The van der Waals surface area contributed by atoms with Crippen LogP contribution in [0.3, 0.4) is 0 Å². The number of esters is 1. The lowest BCUT2D eigenvalue weighted by molar-refractivity contribution is -0.143. The summed E-state index contributed by atoms with van der Waals surface area (Å²) in [6, 6.07) is 12.3. The average Bonchev–Trinajstić information content (AvgIpc) is 2.62. The first-order chi connectivity index (χ1) is 12.1. The molecule has 2 aliphatic carbocycles. The van der Waals surface area contributed by atoms with Crippen LogP contribution in [-0.2, 0) is 14.3 Å². The zero-order valence-electron chi connectivity index (χ0n) is 13.6. The van der Waals surface area contributed by atoms with E-state index in [0.717, 1.165) is 16.7 Å². The van der Waals surface area contributed by atoms with Crippen LogP contribution < -0.4 is 4.74 Å². The summed E-state index contributed by atoms with van der Waals surface area (Å²) in [5, 5.41) is 0. The standard InChI is InChI=1S/C19H16O6/c1-2-23-17(20)9-10-24-19(22)25-14-6-3-12(4-7-14)15-8-5-13-11-16(15)18(13)21/h3-8,11H,2,9-10H2,1H3. The second kappa shape index (κ2) is 7.17. The average molecular weight is 340 g/mol. The molecule has 0 N–H and O–H groups in total. The lowest BCUT2D eigenvalue weighted by Gasteiger charge is -2.18. The fourth-order valence-electron chi connectivity index (χ4n) is 2.48. The molecule has 0 atom stereocenters. The molecule has 0 aliphatic heterocycles. The highest BCUT2D eigenvalue weighted by atomic mass is 16.7. The Bertz CT molecular complexity index is 819. The number of ether oxygens (including phenoxy) is 3. The van der Waals surface area contributed by atoms with E-state index in [2.05, 4.69) is 0 Å². The molecule has 0 aromatic heterocycles. The van der Waals surface area contributed by atoms with Crippen molar-refractivity contribution in [3.63, 3.8) is 0 Å². The first-order valence-corrected chi connectivity index (χ1v) is 7.88. The number of hydrogen-bond donors (Lipinski definition) is 0. The predicted molar refractivity (Wildman–Crippen MR) is 88.5 cm³/mol. The summed E-state index contributed by atoms with van der Waals surface area (Å²) in [6.07, 6.45) is -0.910. The van der Waals surface area contributed by atoms with Gasteiger partial charge >= 0.3 is 12.1 Å². The molecule has 0 saturated heterocycles. The molecule has 2 aromatic rings. The van der Waals surface area contributed by atoms with Crippen LogP contribution >= 0.6 is 0 Å². The third-order valence-electron chi connectivity index (χ3n) is 3.72. The quantitative estimate of drug-likeness (QED) is 0.506. The van der Waals surface area contributed by atoms with Crippen molar-refractivity contribution >= 4 is 17.9 Å². The smallest absolute Gasteiger partial charge is 0.466 e. The van der Waals surface area contributed by atoms with Gasteiger partial charge in [-0.15, -0.1) is 0 Å². The first kappa shape index (κ1) is 16.7. The van der Waals surface area contributed by atoms with Crippen molar-refractivity contribution in [1.82, 2.24) is 0 Å². The van der Waals surface area contributed by atoms with Gasteiger partial charge < -0.3 is 14.2 Å². The Kier molecular flexibility index (Phi) is 4.79. The molecule has 25 heavy (non-hydrogen) atoms. The van der Waals surface area contributed by atoms with Gasteiger partial charge in [0.25, 0.3) is 0 Å². The minimum absolute atomic E-state index is 0.0192. The third kappa shape index (κ3) is 3.68. The van der Waals surface area contributed by atoms with E-state index < -0.39 is 12.1 Å². The van der Waals surface area contributed by atoms with Crippen LogP contribution in [-0.4, -0.2) is 31.1 Å². The van der Waals surface area contributed by atoms with Gasteiger partial charge in [-0.25, -0.2) is 4.79 Å². The summed E-state index contributed by atoms with van der Waals surface area (Å²) in [7, 11) is 0. The van der Waals surface area contributed by atoms with Gasteiger partial charge in [0.1, 0.15) is 12.4 Å². The molecule has 128 valence electrons. The Morgan fingerprint density at radius 3 is 2.28 bits per heavy atom. The van der Waals surface area contributed by atoms with Crippen molar-refractivity contribution in [2.24, 2.45) is 0 Å². The highest BCUT2D eigenvalue weighted by Crippen LogP contribution is 2.33. The summed E-state index contributed by atoms with van der Waals surface area (Å²) in [5.41, 5.74) is 3.13. The summed E-state index contributed by atoms with van der Waals surface area (Å²) < 4.78 is 14.6. The molecule has 0 amide bonds. The maximum absolute atomic E-state index is 11.7. The van der Waals surface area contributed by atoms with E-state index in [-0.39, 0.29) is 25.4 Å². The maximum Gasteiger partial charge on any atom is 0.513 e. The van der Waals surface area contributed by atoms with Crippen LogP contribution in [0.1, 0.15) is 29.3 Å². The van der Waals surface area contributed by atoms with Crippen molar-refractivity contribution in [2.75, 3.05) is 13.2 Å². The molecule has 0 heterocycles. The van der Waals surface area contributed by atoms with Crippen LogP contribution in [0.2, 0.25) is 0 Å². The Morgan fingerprint density at radius 1 is 0.920 bits per heavy atom. The minimum Gasteiger partial charge on any atom is -0.466 e. The van der Waals surface area contributed by atoms with Crippen LogP contribution in [0, 0.1) is 0 Å². The molecule has 0 radical (unpaired) electrons. The van der Waals surface area contributed by atoms with Crippen LogP contribution in [0.15, 0.2) is 42.5 Å². The number of carbonyl (C=O) groups excluding carboxylic acids is 3. The van der Waals surface area contributed by atoms with E-state index in [4.69, 9.17) is 14.2 Å². The number of ketones is 1. The van der Waals surface area contributed by atoms with Gasteiger partial charge in [0.15, 0.2) is 5.78 Å². The molecular formula is C19H16O6. The fraction of sp³-hybridized carbons (Fsp3) is 0.211. The molecule has 0 fully saturated rings. The molecule has 0 unspecified atom stereocenters. The number of carbonyl (C=O) groups is 3. The fourth-order valence-corrected chi connectivity index (χ4v) is 2.48. The normalized spacial score (nSPS) is 11.5. The van der Waals surface area contributed by atoms with Crippen molar-refractivity contribution in [3.05, 3.63) is 53.6 Å². The molecule has 0 saturated carbocycles. The van der Waals surface area contributed by atoms with E-state index in [9.17, 15) is 14.4 Å². The molecule has 6 nitrogen and oxygen atoms in total. The second-order valence-corrected chi connectivity index (χ2v) is 5.37. The predicted octanol–water partition coefficient (Wildman–Crippen LogP) is 3.37. The summed E-state index contributed by atoms with van der Waals surface area (Å²) in [5.74, 6) is -0.0630. The monoisotopic (exact) mass is 340 g/mol. The second-order valence-electron chi connectivity index (χ2n) is 5.37. The van der Waals surface area contributed by atoms with Gasteiger partial charge in [-0.05, 0) is 36.2 Å². The first-order valence-electron chi connectivity index (χ1n) is 7.88. The number of fused-ring (bicyclic) bond motifs is 2. The Morgan fingerprint density at radius 2 is 1.64 bits per heavy atom. The number of rotatable bonds is 6. The van der Waals surface area contributed by atoms with Crippen LogP contribution in [0.4, 0.5) is 4.79 Å². The highest BCUT2D eigenvalue weighted by Gasteiger charge is 2.24. The topological polar surface area (TPSA) is 78.9 Å². The summed E-state index contributed by atoms with van der Waals surface area (Å²) >= 11 is 0. The molecule has 6 heteroatoms.